The number of carbonyl (C=O) groups is 1. The number of ketones is 1. The Morgan fingerprint density at radius 1 is 0.900 bits per heavy atom. The predicted octanol–water partition coefficient (Wildman–Crippen LogP) is 4.74. The van der Waals surface area contributed by atoms with Gasteiger partial charge in [0.2, 0.25) is 0 Å². The lowest BCUT2D eigenvalue weighted by Crippen LogP contribution is -2.09. The average Bonchev–Trinajstić information content (AvgIpc) is 2.42. The molecule has 2 rings (SSSR count). The van der Waals surface area contributed by atoms with Crippen LogP contribution in [0, 0.1) is 19.8 Å². The summed E-state index contributed by atoms with van der Waals surface area (Å²) in [7, 11) is 0. The van der Waals surface area contributed by atoms with Crippen LogP contribution in [0.5, 0.6) is 0 Å². The van der Waals surface area contributed by atoms with E-state index in [9.17, 15) is 4.79 Å². The summed E-state index contributed by atoms with van der Waals surface area (Å²) in [5.74, 6) is 0.401. The van der Waals surface area contributed by atoms with Gasteiger partial charge in [0, 0.05) is 12.3 Å². The van der Waals surface area contributed by atoms with Crippen LogP contribution in [0.1, 0.15) is 30.5 Å². The van der Waals surface area contributed by atoms with Crippen LogP contribution in [0.4, 0.5) is 0 Å². The molecule has 0 aliphatic carbocycles. The second kappa shape index (κ2) is 6.04. The summed E-state index contributed by atoms with van der Waals surface area (Å²) in [5, 5.41) is 0. The van der Waals surface area contributed by atoms with Crippen molar-refractivity contribution in [2.75, 3.05) is 0 Å². The predicted molar refractivity (Wildman–Crippen MR) is 84.9 cm³/mol. The molecule has 0 unspecified atom stereocenters. The van der Waals surface area contributed by atoms with E-state index in [1.807, 2.05) is 13.8 Å². The molecule has 0 aliphatic rings. The number of hydrogen-bond acceptors (Lipinski definition) is 1. The number of carbonyl (C=O) groups excluding carboxylic acids is 1. The van der Waals surface area contributed by atoms with Crippen LogP contribution in [0.2, 0.25) is 0 Å². The summed E-state index contributed by atoms with van der Waals surface area (Å²) < 4.78 is 0. The third kappa shape index (κ3) is 3.36. The quantitative estimate of drug-likeness (QED) is 0.781. The lowest BCUT2D eigenvalue weighted by atomic mass is 9.97. The molecule has 1 nitrogen and oxygen atoms in total. The fraction of sp³-hybridized carbons (Fsp3) is 0.316. The van der Waals surface area contributed by atoms with Gasteiger partial charge in [0.1, 0.15) is 5.78 Å². The standard InChI is InChI=1S/C19H22O/c1-13(2)19(20)12-16-6-9-17(10-7-16)18-8-5-14(3)15(4)11-18/h5-11,13H,12H2,1-4H3. The van der Waals surface area contributed by atoms with Gasteiger partial charge in [0.25, 0.3) is 0 Å². The van der Waals surface area contributed by atoms with Gasteiger partial charge < -0.3 is 0 Å². The molecule has 0 aliphatic heterocycles. The zero-order valence-corrected chi connectivity index (χ0v) is 12.7. The topological polar surface area (TPSA) is 17.1 Å². The first kappa shape index (κ1) is 14.5. The maximum Gasteiger partial charge on any atom is 0.139 e. The van der Waals surface area contributed by atoms with E-state index in [1.165, 1.54) is 22.3 Å². The summed E-state index contributed by atoms with van der Waals surface area (Å²) in [6, 6.07) is 14.8. The molecule has 0 amide bonds. The van der Waals surface area contributed by atoms with Crippen LogP contribution in [0.25, 0.3) is 11.1 Å². The fourth-order valence-corrected chi connectivity index (χ4v) is 2.14. The van der Waals surface area contributed by atoms with Gasteiger partial charge >= 0.3 is 0 Å². The third-order valence-electron chi connectivity index (χ3n) is 3.82. The highest BCUT2D eigenvalue weighted by Crippen LogP contribution is 2.22. The summed E-state index contributed by atoms with van der Waals surface area (Å²) in [4.78, 5) is 11.7. The molecule has 0 aromatic heterocycles. The molecule has 2 aromatic rings. The molecule has 20 heavy (non-hydrogen) atoms. The van der Waals surface area contributed by atoms with Crippen LogP contribution < -0.4 is 0 Å². The van der Waals surface area contributed by atoms with Gasteiger partial charge in [-0.3, -0.25) is 4.79 Å². The fourth-order valence-electron chi connectivity index (χ4n) is 2.14. The van der Waals surface area contributed by atoms with Crippen molar-refractivity contribution in [3.8, 4) is 11.1 Å². The van der Waals surface area contributed by atoms with Crippen LogP contribution >= 0.6 is 0 Å². The molecule has 0 saturated heterocycles. The summed E-state index contributed by atoms with van der Waals surface area (Å²) in [5.41, 5.74) is 6.15. The van der Waals surface area contributed by atoms with E-state index in [0.717, 1.165) is 5.56 Å². The lowest BCUT2D eigenvalue weighted by Gasteiger charge is -2.08. The molecule has 0 saturated carbocycles. The number of benzene rings is 2. The third-order valence-corrected chi connectivity index (χ3v) is 3.82. The van der Waals surface area contributed by atoms with Crippen molar-refractivity contribution in [1.82, 2.24) is 0 Å². The molecule has 0 N–H and O–H groups in total. The van der Waals surface area contributed by atoms with Crippen molar-refractivity contribution in [3.05, 3.63) is 59.2 Å². The molecule has 0 atom stereocenters. The average molecular weight is 266 g/mol. The molecule has 1 heteroatoms. The highest BCUT2D eigenvalue weighted by molar-refractivity contribution is 5.82. The molecule has 0 bridgehead atoms. The minimum atomic E-state index is 0.106. The first-order chi connectivity index (χ1) is 9.47. The SMILES string of the molecule is Cc1ccc(-c2ccc(CC(=O)C(C)C)cc2)cc1C. The smallest absolute Gasteiger partial charge is 0.139 e. The van der Waals surface area contributed by atoms with Crippen molar-refractivity contribution < 1.29 is 4.79 Å². The van der Waals surface area contributed by atoms with E-state index < -0.39 is 0 Å². The van der Waals surface area contributed by atoms with Crippen molar-refractivity contribution in [2.45, 2.75) is 34.1 Å². The minimum Gasteiger partial charge on any atom is -0.299 e. The molecular formula is C19H22O. The molecule has 0 fully saturated rings. The Balaban J connectivity index is 2.19. The van der Waals surface area contributed by atoms with E-state index in [-0.39, 0.29) is 5.92 Å². The number of hydrogen-bond donors (Lipinski definition) is 0. The second-order valence-corrected chi connectivity index (χ2v) is 5.79. The normalized spacial score (nSPS) is 10.8. The molecule has 0 heterocycles. The van der Waals surface area contributed by atoms with Crippen LogP contribution in [-0.2, 0) is 11.2 Å². The molecule has 104 valence electrons. The highest BCUT2D eigenvalue weighted by atomic mass is 16.1. The van der Waals surface area contributed by atoms with Crippen molar-refractivity contribution in [2.24, 2.45) is 5.92 Å². The lowest BCUT2D eigenvalue weighted by molar-refractivity contribution is -0.121. The summed E-state index contributed by atoms with van der Waals surface area (Å²) in [6.45, 7) is 8.16. The van der Waals surface area contributed by atoms with Gasteiger partial charge in [-0.15, -0.1) is 0 Å². The molecule has 2 aromatic carbocycles. The Bertz CT molecular complexity index is 606. The van der Waals surface area contributed by atoms with E-state index in [2.05, 4.69) is 56.3 Å². The van der Waals surface area contributed by atoms with Crippen LogP contribution in [-0.4, -0.2) is 5.78 Å². The molecule has 0 radical (unpaired) electrons. The van der Waals surface area contributed by atoms with Gasteiger partial charge in [-0.1, -0.05) is 56.3 Å². The number of rotatable bonds is 4. The van der Waals surface area contributed by atoms with Gasteiger partial charge in [0.05, 0.1) is 0 Å². The Morgan fingerprint density at radius 3 is 2.05 bits per heavy atom. The van der Waals surface area contributed by atoms with Gasteiger partial charge in [0.15, 0.2) is 0 Å². The van der Waals surface area contributed by atoms with Crippen LogP contribution in [0.15, 0.2) is 42.5 Å². The van der Waals surface area contributed by atoms with Crippen molar-refractivity contribution >= 4 is 5.78 Å². The Kier molecular flexibility index (Phi) is 4.39. The minimum absolute atomic E-state index is 0.106. The summed E-state index contributed by atoms with van der Waals surface area (Å²) >= 11 is 0. The van der Waals surface area contributed by atoms with E-state index in [1.54, 1.807) is 0 Å². The van der Waals surface area contributed by atoms with E-state index >= 15 is 0 Å². The maximum atomic E-state index is 11.7. The zero-order valence-electron chi connectivity index (χ0n) is 12.7. The van der Waals surface area contributed by atoms with Gasteiger partial charge in [-0.25, -0.2) is 0 Å². The van der Waals surface area contributed by atoms with Crippen LogP contribution in [0.3, 0.4) is 0 Å². The molecule has 0 spiro atoms. The highest BCUT2D eigenvalue weighted by Gasteiger charge is 2.08. The molecular weight excluding hydrogens is 244 g/mol. The maximum absolute atomic E-state index is 11.7. The Morgan fingerprint density at radius 2 is 1.50 bits per heavy atom. The monoisotopic (exact) mass is 266 g/mol. The zero-order chi connectivity index (χ0) is 14.7. The Hall–Kier alpha value is -1.89. The van der Waals surface area contributed by atoms with Crippen molar-refractivity contribution in [3.63, 3.8) is 0 Å². The van der Waals surface area contributed by atoms with E-state index in [0.29, 0.717) is 12.2 Å². The summed E-state index contributed by atoms with van der Waals surface area (Å²) in [6.07, 6.45) is 0.533. The second-order valence-electron chi connectivity index (χ2n) is 5.79. The van der Waals surface area contributed by atoms with Crippen molar-refractivity contribution in [1.29, 1.82) is 0 Å². The first-order valence-electron chi connectivity index (χ1n) is 7.16. The first-order valence-corrected chi connectivity index (χ1v) is 7.16. The van der Waals surface area contributed by atoms with E-state index in [4.69, 9.17) is 0 Å². The largest absolute Gasteiger partial charge is 0.299 e. The number of aryl methyl sites for hydroxylation is 2. The Labute approximate surface area is 121 Å². The van der Waals surface area contributed by atoms with Gasteiger partial charge in [-0.05, 0) is 41.7 Å². The van der Waals surface area contributed by atoms with Gasteiger partial charge in [-0.2, -0.15) is 0 Å². The number of Topliss-reactive ketones (excluding diaryl/α,β-unsaturated/α-hetero) is 1.